The summed E-state index contributed by atoms with van der Waals surface area (Å²) >= 11 is 0. The molecule has 112 valence electrons. The minimum atomic E-state index is -1.11. The van der Waals surface area contributed by atoms with Crippen LogP contribution in [-0.2, 0) is 4.74 Å². The zero-order chi connectivity index (χ0) is 15.0. The Balaban J connectivity index is 2.07. The Kier molecular flexibility index (Phi) is 3.82. The van der Waals surface area contributed by atoms with Crippen LogP contribution in [-0.4, -0.2) is 47.3 Å². The van der Waals surface area contributed by atoms with Gasteiger partial charge in [-0.25, -0.2) is 0 Å². The fraction of sp³-hybridized carbons (Fsp3) is 0.375. The molecular formula is C16H18O5. The molecule has 1 heterocycles. The molecule has 0 spiro atoms. The Morgan fingerprint density at radius 3 is 2.33 bits per heavy atom. The number of ether oxygens (including phenoxy) is 2. The van der Waals surface area contributed by atoms with Gasteiger partial charge >= 0.3 is 0 Å². The first-order valence-corrected chi connectivity index (χ1v) is 6.85. The molecule has 21 heavy (non-hydrogen) atoms. The van der Waals surface area contributed by atoms with Crippen molar-refractivity contribution in [2.75, 3.05) is 13.7 Å². The first-order valence-electron chi connectivity index (χ1n) is 6.85. The Morgan fingerprint density at radius 2 is 1.76 bits per heavy atom. The highest BCUT2D eigenvalue weighted by atomic mass is 16.6. The molecule has 3 N–H and O–H groups in total. The molecule has 0 bridgehead atoms. The molecule has 1 aliphatic heterocycles. The summed E-state index contributed by atoms with van der Waals surface area (Å²) in [7, 11) is 1.55. The van der Waals surface area contributed by atoms with Gasteiger partial charge < -0.3 is 24.8 Å². The van der Waals surface area contributed by atoms with Crippen LogP contribution < -0.4 is 4.74 Å². The fourth-order valence-corrected chi connectivity index (χ4v) is 2.79. The minimum Gasteiger partial charge on any atom is -0.496 e. The average molecular weight is 290 g/mol. The van der Waals surface area contributed by atoms with Gasteiger partial charge in [0, 0.05) is 5.56 Å². The van der Waals surface area contributed by atoms with Crippen molar-refractivity contribution in [1.29, 1.82) is 0 Å². The molecule has 1 saturated heterocycles. The quantitative estimate of drug-likeness (QED) is 0.786. The molecule has 1 fully saturated rings. The number of fused-ring (bicyclic) bond motifs is 1. The van der Waals surface area contributed by atoms with Gasteiger partial charge in [0.25, 0.3) is 0 Å². The van der Waals surface area contributed by atoms with E-state index in [9.17, 15) is 15.3 Å². The van der Waals surface area contributed by atoms with Crippen LogP contribution in [0.15, 0.2) is 36.4 Å². The topological polar surface area (TPSA) is 79.2 Å². The average Bonchev–Trinajstić information content (AvgIpc) is 2.81. The molecule has 3 rings (SSSR count). The van der Waals surface area contributed by atoms with Crippen LogP contribution in [0.2, 0.25) is 0 Å². The molecule has 5 heteroatoms. The van der Waals surface area contributed by atoms with Gasteiger partial charge in [-0.1, -0.05) is 24.3 Å². The van der Waals surface area contributed by atoms with Crippen molar-refractivity contribution in [2.45, 2.75) is 24.4 Å². The summed E-state index contributed by atoms with van der Waals surface area (Å²) < 4.78 is 11.0. The number of hydrogen-bond acceptors (Lipinski definition) is 5. The van der Waals surface area contributed by atoms with E-state index in [0.29, 0.717) is 11.3 Å². The van der Waals surface area contributed by atoms with Crippen LogP contribution in [0.1, 0.15) is 11.7 Å². The summed E-state index contributed by atoms with van der Waals surface area (Å²) in [6.45, 7) is -0.343. The molecule has 0 saturated carbocycles. The summed E-state index contributed by atoms with van der Waals surface area (Å²) in [5.41, 5.74) is 0.665. The van der Waals surface area contributed by atoms with E-state index in [1.807, 2.05) is 36.4 Å². The van der Waals surface area contributed by atoms with Gasteiger partial charge in [0.15, 0.2) is 0 Å². The van der Waals surface area contributed by atoms with E-state index >= 15 is 0 Å². The molecule has 5 nitrogen and oxygen atoms in total. The molecule has 2 aromatic carbocycles. The lowest BCUT2D eigenvalue weighted by molar-refractivity contribution is -0.0232. The minimum absolute atomic E-state index is 0.343. The lowest BCUT2D eigenvalue weighted by Gasteiger charge is -2.19. The van der Waals surface area contributed by atoms with Crippen molar-refractivity contribution in [3.63, 3.8) is 0 Å². The third-order valence-electron chi connectivity index (χ3n) is 3.95. The number of rotatable bonds is 3. The molecule has 2 aromatic rings. The lowest BCUT2D eigenvalue weighted by Crippen LogP contribution is -2.32. The van der Waals surface area contributed by atoms with E-state index in [2.05, 4.69) is 0 Å². The summed E-state index contributed by atoms with van der Waals surface area (Å²) in [5, 5.41) is 31.3. The summed E-state index contributed by atoms with van der Waals surface area (Å²) in [5.74, 6) is 0.587. The highest BCUT2D eigenvalue weighted by Crippen LogP contribution is 2.39. The lowest BCUT2D eigenvalue weighted by atomic mass is 9.97. The molecule has 1 aliphatic rings. The van der Waals surface area contributed by atoms with Crippen molar-refractivity contribution < 1.29 is 24.8 Å². The fourth-order valence-electron chi connectivity index (χ4n) is 2.79. The van der Waals surface area contributed by atoms with Gasteiger partial charge in [0.2, 0.25) is 0 Å². The Bertz CT molecular complexity index is 642. The molecule has 0 aromatic heterocycles. The Morgan fingerprint density at radius 1 is 1.10 bits per heavy atom. The zero-order valence-electron chi connectivity index (χ0n) is 11.6. The molecule has 0 radical (unpaired) electrons. The summed E-state index contributed by atoms with van der Waals surface area (Å²) in [4.78, 5) is 0. The van der Waals surface area contributed by atoms with Gasteiger partial charge in [-0.3, -0.25) is 0 Å². The van der Waals surface area contributed by atoms with E-state index < -0.39 is 24.4 Å². The van der Waals surface area contributed by atoms with Crippen LogP contribution in [0, 0.1) is 0 Å². The van der Waals surface area contributed by atoms with E-state index in [4.69, 9.17) is 9.47 Å². The normalized spacial score (nSPS) is 29.0. The van der Waals surface area contributed by atoms with Gasteiger partial charge in [-0.2, -0.15) is 0 Å². The van der Waals surface area contributed by atoms with Crippen LogP contribution >= 0.6 is 0 Å². The Labute approximate surface area is 122 Å². The van der Waals surface area contributed by atoms with Crippen molar-refractivity contribution in [2.24, 2.45) is 0 Å². The number of hydrogen-bond donors (Lipinski definition) is 3. The van der Waals surface area contributed by atoms with Crippen molar-refractivity contribution in [3.05, 3.63) is 42.0 Å². The second kappa shape index (κ2) is 5.61. The molecule has 0 aliphatic carbocycles. The van der Waals surface area contributed by atoms with Crippen molar-refractivity contribution in [1.82, 2.24) is 0 Å². The van der Waals surface area contributed by atoms with Gasteiger partial charge in [-0.05, 0) is 22.9 Å². The van der Waals surface area contributed by atoms with E-state index in [-0.39, 0.29) is 6.61 Å². The SMILES string of the molecule is COc1cc2ccccc2cc1[C@@H]1O[C@H](CO)[C@H](O)C1O. The number of methoxy groups -OCH3 is 1. The predicted octanol–water partition coefficient (Wildman–Crippen LogP) is 1.00. The molecular weight excluding hydrogens is 272 g/mol. The zero-order valence-corrected chi connectivity index (χ0v) is 11.6. The summed E-state index contributed by atoms with van der Waals surface area (Å²) in [6.07, 6.45) is -3.73. The Hall–Kier alpha value is -1.66. The van der Waals surface area contributed by atoms with E-state index in [1.165, 1.54) is 0 Å². The van der Waals surface area contributed by atoms with Crippen LogP contribution in [0.25, 0.3) is 10.8 Å². The van der Waals surface area contributed by atoms with Gasteiger partial charge in [0.1, 0.15) is 30.2 Å². The first kappa shape index (κ1) is 14.3. The van der Waals surface area contributed by atoms with Crippen molar-refractivity contribution in [3.8, 4) is 5.75 Å². The summed E-state index contributed by atoms with van der Waals surface area (Å²) in [6, 6.07) is 11.6. The van der Waals surface area contributed by atoms with E-state index in [1.54, 1.807) is 7.11 Å². The second-order valence-electron chi connectivity index (χ2n) is 5.20. The third kappa shape index (κ3) is 2.38. The highest BCUT2D eigenvalue weighted by Gasteiger charge is 2.44. The molecule has 0 amide bonds. The first-order chi connectivity index (χ1) is 10.2. The third-order valence-corrected chi connectivity index (χ3v) is 3.95. The maximum atomic E-state index is 10.2. The molecule has 4 atom stereocenters. The predicted molar refractivity (Wildman–Crippen MR) is 77.2 cm³/mol. The monoisotopic (exact) mass is 290 g/mol. The maximum Gasteiger partial charge on any atom is 0.125 e. The number of benzene rings is 2. The number of aliphatic hydroxyl groups is 3. The molecule has 1 unspecified atom stereocenters. The van der Waals surface area contributed by atoms with E-state index in [0.717, 1.165) is 10.8 Å². The van der Waals surface area contributed by atoms with Gasteiger partial charge in [0.05, 0.1) is 13.7 Å². The van der Waals surface area contributed by atoms with Crippen LogP contribution in [0.3, 0.4) is 0 Å². The van der Waals surface area contributed by atoms with Crippen LogP contribution in [0.5, 0.6) is 5.75 Å². The number of aliphatic hydroxyl groups excluding tert-OH is 3. The van der Waals surface area contributed by atoms with Crippen LogP contribution in [0.4, 0.5) is 0 Å². The van der Waals surface area contributed by atoms with Crippen molar-refractivity contribution >= 4 is 10.8 Å². The standard InChI is InChI=1S/C16H18O5/c1-20-12-7-10-5-3-2-4-9(10)6-11(12)16-15(19)14(18)13(8-17)21-16/h2-7,13-19H,8H2,1H3/t13-,14+,15?,16+/m1/s1. The second-order valence-corrected chi connectivity index (χ2v) is 5.20. The van der Waals surface area contributed by atoms with Gasteiger partial charge in [-0.15, -0.1) is 0 Å². The smallest absolute Gasteiger partial charge is 0.125 e. The maximum absolute atomic E-state index is 10.2. The largest absolute Gasteiger partial charge is 0.496 e. The highest BCUT2D eigenvalue weighted by molar-refractivity contribution is 5.85.